The number of ether oxygens (including phenoxy) is 2. The van der Waals surface area contributed by atoms with Crippen molar-refractivity contribution in [1.29, 1.82) is 0 Å². The topological polar surface area (TPSA) is 59.1 Å². The lowest BCUT2D eigenvalue weighted by atomic mass is 10.0. The number of rotatable bonds is 4. The molecule has 2 rings (SSSR count). The average molecular weight is 292 g/mol. The summed E-state index contributed by atoms with van der Waals surface area (Å²) in [4.78, 5) is 0. The maximum Gasteiger partial charge on any atom is 0.282 e. The minimum atomic E-state index is -3.44. The molecule has 0 bridgehead atoms. The first-order valence-corrected chi connectivity index (χ1v) is 8.32. The van der Waals surface area contributed by atoms with Crippen LogP contribution in [0.4, 0.5) is 0 Å². The van der Waals surface area contributed by atoms with Gasteiger partial charge in [-0.25, -0.2) is 0 Å². The van der Waals surface area contributed by atoms with Gasteiger partial charge in [-0.1, -0.05) is 6.42 Å². The Hall–Kier alpha value is -0.210. The first kappa shape index (κ1) is 15.2. The van der Waals surface area contributed by atoms with Gasteiger partial charge in [0.1, 0.15) is 0 Å². The Balaban J connectivity index is 2.19. The van der Waals surface area contributed by atoms with Gasteiger partial charge < -0.3 is 9.47 Å². The maximum atomic E-state index is 12.6. The lowest BCUT2D eigenvalue weighted by molar-refractivity contribution is -0.0921. The molecular formula is C12H24N2O4S. The van der Waals surface area contributed by atoms with E-state index in [1.807, 2.05) is 13.8 Å². The molecule has 0 N–H and O–H groups in total. The van der Waals surface area contributed by atoms with Crippen molar-refractivity contribution in [2.75, 3.05) is 26.8 Å². The molecule has 0 aliphatic carbocycles. The van der Waals surface area contributed by atoms with Crippen molar-refractivity contribution in [1.82, 2.24) is 8.61 Å². The molecule has 0 aromatic heterocycles. The van der Waals surface area contributed by atoms with E-state index in [1.165, 1.54) is 4.31 Å². The standard InChI is InChI=1S/C12H24N2O4S/c1-10(2)13(3)19(15,16)14-7-5-4-6-11(14)12-17-8-9-18-12/h10-12H,4-9H2,1-3H3/t11-/m1/s1. The lowest BCUT2D eigenvalue weighted by Crippen LogP contribution is -2.55. The minimum Gasteiger partial charge on any atom is -0.349 e. The van der Waals surface area contributed by atoms with E-state index in [2.05, 4.69) is 0 Å². The van der Waals surface area contributed by atoms with Crippen LogP contribution in [0.2, 0.25) is 0 Å². The van der Waals surface area contributed by atoms with Crippen molar-refractivity contribution >= 4 is 10.2 Å². The lowest BCUT2D eigenvalue weighted by Gasteiger charge is -2.39. The molecule has 6 nitrogen and oxygen atoms in total. The second kappa shape index (κ2) is 6.05. The summed E-state index contributed by atoms with van der Waals surface area (Å²) in [5.74, 6) is 0. The highest BCUT2D eigenvalue weighted by Crippen LogP contribution is 2.28. The molecule has 2 heterocycles. The Labute approximate surface area is 115 Å². The molecule has 0 radical (unpaired) electrons. The molecule has 2 aliphatic rings. The minimum absolute atomic E-state index is 0.0574. The molecule has 0 unspecified atom stereocenters. The van der Waals surface area contributed by atoms with Gasteiger partial charge in [-0.2, -0.15) is 17.0 Å². The number of hydrogen-bond donors (Lipinski definition) is 0. The maximum absolute atomic E-state index is 12.6. The summed E-state index contributed by atoms with van der Waals surface area (Å²) in [6.07, 6.45) is 2.31. The van der Waals surface area contributed by atoms with Crippen molar-refractivity contribution in [3.8, 4) is 0 Å². The Morgan fingerprint density at radius 3 is 2.42 bits per heavy atom. The van der Waals surface area contributed by atoms with Crippen LogP contribution in [0.5, 0.6) is 0 Å². The van der Waals surface area contributed by atoms with Crippen molar-refractivity contribution in [3.63, 3.8) is 0 Å². The molecule has 2 aliphatic heterocycles. The number of piperidine rings is 1. The quantitative estimate of drug-likeness (QED) is 0.769. The summed E-state index contributed by atoms with van der Waals surface area (Å²) in [5, 5.41) is 0. The zero-order chi connectivity index (χ0) is 14.0. The first-order valence-electron chi connectivity index (χ1n) is 6.92. The summed E-state index contributed by atoms with van der Waals surface area (Å²) in [6.45, 7) is 5.40. The zero-order valence-electron chi connectivity index (χ0n) is 11.9. The molecule has 2 saturated heterocycles. The van der Waals surface area contributed by atoms with E-state index >= 15 is 0 Å². The van der Waals surface area contributed by atoms with Crippen LogP contribution >= 0.6 is 0 Å². The smallest absolute Gasteiger partial charge is 0.282 e. The van der Waals surface area contributed by atoms with Gasteiger partial charge in [0.25, 0.3) is 10.2 Å². The highest BCUT2D eigenvalue weighted by molar-refractivity contribution is 7.86. The number of nitrogens with zero attached hydrogens (tertiary/aromatic N) is 2. The molecule has 0 amide bonds. The molecule has 0 aromatic rings. The monoisotopic (exact) mass is 292 g/mol. The second-order valence-corrected chi connectivity index (χ2v) is 7.34. The molecular weight excluding hydrogens is 268 g/mol. The third kappa shape index (κ3) is 3.11. The molecule has 0 saturated carbocycles. The van der Waals surface area contributed by atoms with Crippen LogP contribution < -0.4 is 0 Å². The molecule has 0 aromatic carbocycles. The average Bonchev–Trinajstić information content (AvgIpc) is 2.91. The van der Waals surface area contributed by atoms with E-state index in [0.717, 1.165) is 19.3 Å². The molecule has 112 valence electrons. The van der Waals surface area contributed by atoms with E-state index in [-0.39, 0.29) is 12.1 Å². The molecule has 1 atom stereocenters. The van der Waals surface area contributed by atoms with Crippen LogP contribution in [0.25, 0.3) is 0 Å². The highest BCUT2D eigenvalue weighted by Gasteiger charge is 2.41. The Bertz CT molecular complexity index is 393. The molecule has 19 heavy (non-hydrogen) atoms. The van der Waals surface area contributed by atoms with Gasteiger partial charge in [0.15, 0.2) is 6.29 Å². The van der Waals surface area contributed by atoms with E-state index in [4.69, 9.17) is 9.47 Å². The van der Waals surface area contributed by atoms with Gasteiger partial charge in [0.2, 0.25) is 0 Å². The van der Waals surface area contributed by atoms with Gasteiger partial charge >= 0.3 is 0 Å². The van der Waals surface area contributed by atoms with Crippen LogP contribution in [0.1, 0.15) is 33.1 Å². The van der Waals surface area contributed by atoms with Gasteiger partial charge in [0.05, 0.1) is 19.3 Å². The third-order valence-electron chi connectivity index (χ3n) is 3.85. The SMILES string of the molecule is CC(C)N(C)S(=O)(=O)N1CCCC[C@@H]1C1OCCO1. The Morgan fingerprint density at radius 1 is 1.21 bits per heavy atom. The van der Waals surface area contributed by atoms with Gasteiger partial charge in [-0.05, 0) is 26.7 Å². The summed E-state index contributed by atoms with van der Waals surface area (Å²) in [6, 6.07) is -0.250. The third-order valence-corrected chi connectivity index (χ3v) is 6.04. The summed E-state index contributed by atoms with van der Waals surface area (Å²) in [7, 11) is -1.81. The zero-order valence-corrected chi connectivity index (χ0v) is 12.7. The van der Waals surface area contributed by atoms with E-state index in [0.29, 0.717) is 19.8 Å². The summed E-state index contributed by atoms with van der Waals surface area (Å²) < 4.78 is 39.3. The van der Waals surface area contributed by atoms with Crippen molar-refractivity contribution in [2.24, 2.45) is 0 Å². The molecule has 0 spiro atoms. The van der Waals surface area contributed by atoms with Crippen LogP contribution in [0, 0.1) is 0 Å². The fourth-order valence-electron chi connectivity index (χ4n) is 2.52. The normalized spacial score (nSPS) is 27.5. The fraction of sp³-hybridized carbons (Fsp3) is 1.00. The molecule has 2 fully saturated rings. The predicted molar refractivity (Wildman–Crippen MR) is 71.9 cm³/mol. The van der Waals surface area contributed by atoms with E-state index in [1.54, 1.807) is 11.4 Å². The largest absolute Gasteiger partial charge is 0.349 e. The fourth-order valence-corrected chi connectivity index (χ4v) is 4.29. The van der Waals surface area contributed by atoms with Gasteiger partial charge in [0, 0.05) is 19.6 Å². The number of hydrogen-bond acceptors (Lipinski definition) is 4. The van der Waals surface area contributed by atoms with Crippen LogP contribution in [-0.2, 0) is 19.7 Å². The highest BCUT2D eigenvalue weighted by atomic mass is 32.2. The van der Waals surface area contributed by atoms with Gasteiger partial charge in [-0.15, -0.1) is 0 Å². The van der Waals surface area contributed by atoms with Crippen LogP contribution in [0.3, 0.4) is 0 Å². The second-order valence-electron chi connectivity index (χ2n) is 5.40. The van der Waals surface area contributed by atoms with Crippen molar-refractivity contribution in [3.05, 3.63) is 0 Å². The van der Waals surface area contributed by atoms with Crippen molar-refractivity contribution < 1.29 is 17.9 Å². The molecule has 7 heteroatoms. The Morgan fingerprint density at radius 2 is 1.84 bits per heavy atom. The van der Waals surface area contributed by atoms with E-state index < -0.39 is 16.5 Å². The summed E-state index contributed by atoms with van der Waals surface area (Å²) >= 11 is 0. The van der Waals surface area contributed by atoms with E-state index in [9.17, 15) is 8.42 Å². The van der Waals surface area contributed by atoms with Crippen LogP contribution in [-0.4, -0.2) is 62.2 Å². The summed E-state index contributed by atoms with van der Waals surface area (Å²) in [5.41, 5.74) is 0. The van der Waals surface area contributed by atoms with Crippen molar-refractivity contribution in [2.45, 2.75) is 51.5 Å². The van der Waals surface area contributed by atoms with Crippen LogP contribution in [0.15, 0.2) is 0 Å². The first-order chi connectivity index (χ1) is 8.94. The Kier molecular flexibility index (Phi) is 4.84. The van der Waals surface area contributed by atoms with Gasteiger partial charge in [-0.3, -0.25) is 0 Å². The predicted octanol–water partition coefficient (Wildman–Crippen LogP) is 0.799.